The van der Waals surface area contributed by atoms with E-state index < -0.39 is 0 Å². The zero-order valence-corrected chi connectivity index (χ0v) is 16.3. The first-order chi connectivity index (χ1) is 13.2. The Kier molecular flexibility index (Phi) is 5.23. The van der Waals surface area contributed by atoms with Crippen molar-refractivity contribution in [1.82, 2.24) is 15.5 Å². The molecule has 0 fully saturated rings. The number of aromatic amines is 1. The molecule has 0 aliphatic heterocycles. The van der Waals surface area contributed by atoms with Gasteiger partial charge in [-0.1, -0.05) is 24.3 Å². The summed E-state index contributed by atoms with van der Waals surface area (Å²) in [6, 6.07) is 17.3. The number of fused-ring (bicyclic) bond motifs is 1. The molecule has 5 heteroatoms. The number of methoxy groups -OCH3 is 1. The van der Waals surface area contributed by atoms with Crippen LogP contribution in [0.1, 0.15) is 17.4 Å². The minimum absolute atomic E-state index is 0.412. The average Bonchev–Trinajstić information content (AvgIpc) is 3.37. The van der Waals surface area contributed by atoms with Crippen LogP contribution in [0.15, 0.2) is 60.1 Å². The standard InChI is InChI=1S/C22H23N3OS/c1-15(10-21-4-3-9-27-21)23-13-19-14-24-25-22(19)18-6-5-17-12-20(26-2)8-7-16(17)11-18/h3-9,11-12,14-15,23H,10,13H2,1-2H3,(H,24,25)/t15-/m0/s1. The summed E-state index contributed by atoms with van der Waals surface area (Å²) >= 11 is 1.81. The van der Waals surface area contributed by atoms with Crippen LogP contribution in [-0.4, -0.2) is 23.3 Å². The van der Waals surface area contributed by atoms with Gasteiger partial charge in [-0.25, -0.2) is 0 Å². The van der Waals surface area contributed by atoms with Crippen molar-refractivity contribution in [2.75, 3.05) is 7.11 Å². The molecule has 1 atom stereocenters. The maximum Gasteiger partial charge on any atom is 0.119 e. The summed E-state index contributed by atoms with van der Waals surface area (Å²) in [7, 11) is 1.69. The molecule has 4 aromatic rings. The molecule has 0 unspecified atom stereocenters. The Bertz CT molecular complexity index is 1020. The predicted octanol–water partition coefficient (Wildman–Crippen LogP) is 5.02. The van der Waals surface area contributed by atoms with E-state index in [9.17, 15) is 0 Å². The fourth-order valence-electron chi connectivity index (χ4n) is 3.29. The lowest BCUT2D eigenvalue weighted by molar-refractivity contribution is 0.415. The minimum Gasteiger partial charge on any atom is -0.497 e. The van der Waals surface area contributed by atoms with Crippen molar-refractivity contribution in [3.63, 3.8) is 0 Å². The molecule has 4 rings (SSSR count). The summed E-state index contributed by atoms with van der Waals surface area (Å²) < 4.78 is 5.31. The van der Waals surface area contributed by atoms with Crippen LogP contribution in [0.3, 0.4) is 0 Å². The van der Waals surface area contributed by atoms with Gasteiger partial charge in [0.05, 0.1) is 19.0 Å². The molecule has 0 aliphatic carbocycles. The molecule has 2 heterocycles. The molecule has 2 aromatic heterocycles. The quantitative estimate of drug-likeness (QED) is 0.475. The first kappa shape index (κ1) is 17.8. The third-order valence-electron chi connectivity index (χ3n) is 4.78. The summed E-state index contributed by atoms with van der Waals surface area (Å²) in [5.41, 5.74) is 3.40. The molecule has 0 bridgehead atoms. The molecule has 138 valence electrons. The van der Waals surface area contributed by atoms with Crippen molar-refractivity contribution < 1.29 is 4.74 Å². The maximum absolute atomic E-state index is 5.31. The van der Waals surface area contributed by atoms with Gasteiger partial charge in [-0.05, 0) is 53.8 Å². The highest BCUT2D eigenvalue weighted by Gasteiger charge is 2.11. The number of aromatic nitrogens is 2. The van der Waals surface area contributed by atoms with Gasteiger partial charge in [0.15, 0.2) is 0 Å². The Labute approximate surface area is 163 Å². The van der Waals surface area contributed by atoms with Gasteiger partial charge < -0.3 is 10.1 Å². The Morgan fingerprint density at radius 2 is 2.00 bits per heavy atom. The molecular formula is C22H23N3OS. The van der Waals surface area contributed by atoms with Crippen molar-refractivity contribution in [2.24, 2.45) is 0 Å². The summed E-state index contributed by atoms with van der Waals surface area (Å²) in [6.45, 7) is 3.02. The van der Waals surface area contributed by atoms with Gasteiger partial charge in [0.2, 0.25) is 0 Å². The van der Waals surface area contributed by atoms with Gasteiger partial charge in [-0.2, -0.15) is 5.10 Å². The van der Waals surface area contributed by atoms with E-state index >= 15 is 0 Å². The van der Waals surface area contributed by atoms with E-state index in [0.717, 1.165) is 30.0 Å². The molecule has 2 aromatic carbocycles. The van der Waals surface area contributed by atoms with Gasteiger partial charge >= 0.3 is 0 Å². The number of hydrogen-bond donors (Lipinski definition) is 2. The van der Waals surface area contributed by atoms with E-state index in [0.29, 0.717) is 6.04 Å². The smallest absolute Gasteiger partial charge is 0.119 e. The molecular weight excluding hydrogens is 354 g/mol. The Morgan fingerprint density at radius 1 is 1.15 bits per heavy atom. The second-order valence-electron chi connectivity index (χ2n) is 6.76. The van der Waals surface area contributed by atoms with Gasteiger partial charge in [0.1, 0.15) is 5.75 Å². The van der Waals surface area contributed by atoms with Crippen LogP contribution in [0.5, 0.6) is 5.75 Å². The number of thiophene rings is 1. The second kappa shape index (κ2) is 7.94. The van der Waals surface area contributed by atoms with Crippen LogP contribution in [0.4, 0.5) is 0 Å². The number of nitrogens with one attached hydrogen (secondary N) is 2. The van der Waals surface area contributed by atoms with Crippen LogP contribution in [0.2, 0.25) is 0 Å². The highest BCUT2D eigenvalue weighted by molar-refractivity contribution is 7.09. The Balaban J connectivity index is 1.50. The third kappa shape index (κ3) is 4.04. The normalized spacial score (nSPS) is 12.4. The van der Waals surface area contributed by atoms with Crippen LogP contribution < -0.4 is 10.1 Å². The average molecular weight is 378 g/mol. The zero-order chi connectivity index (χ0) is 18.6. The third-order valence-corrected chi connectivity index (χ3v) is 5.68. The first-order valence-corrected chi connectivity index (χ1v) is 9.97. The molecule has 0 spiro atoms. The van der Waals surface area contributed by atoms with Crippen molar-refractivity contribution in [2.45, 2.75) is 25.9 Å². The fourth-order valence-corrected chi connectivity index (χ4v) is 4.12. The van der Waals surface area contributed by atoms with Gasteiger partial charge in [0, 0.05) is 28.6 Å². The Morgan fingerprint density at radius 3 is 2.81 bits per heavy atom. The summed E-state index contributed by atoms with van der Waals surface area (Å²) in [5.74, 6) is 0.876. The second-order valence-corrected chi connectivity index (χ2v) is 7.80. The number of nitrogens with zero attached hydrogens (tertiary/aromatic N) is 1. The molecule has 27 heavy (non-hydrogen) atoms. The molecule has 0 saturated carbocycles. The number of benzene rings is 2. The van der Waals surface area contributed by atoms with Crippen molar-refractivity contribution in [3.8, 4) is 17.0 Å². The van der Waals surface area contributed by atoms with Crippen LogP contribution in [0.25, 0.3) is 22.0 Å². The van der Waals surface area contributed by atoms with E-state index in [1.807, 2.05) is 23.6 Å². The SMILES string of the molecule is COc1ccc2cc(-c3[nH]ncc3CN[C@@H](C)Cc3cccs3)ccc2c1. The topological polar surface area (TPSA) is 49.9 Å². The molecule has 0 radical (unpaired) electrons. The highest BCUT2D eigenvalue weighted by atomic mass is 32.1. The lowest BCUT2D eigenvalue weighted by Gasteiger charge is -2.13. The number of rotatable bonds is 7. The number of ether oxygens (including phenoxy) is 1. The molecule has 0 aliphatic rings. The molecule has 2 N–H and O–H groups in total. The Hall–Kier alpha value is -2.63. The van der Waals surface area contributed by atoms with Gasteiger partial charge in [-0.3, -0.25) is 5.10 Å². The minimum atomic E-state index is 0.412. The maximum atomic E-state index is 5.31. The van der Waals surface area contributed by atoms with Gasteiger partial charge in [0.25, 0.3) is 0 Å². The largest absolute Gasteiger partial charge is 0.497 e. The monoisotopic (exact) mass is 377 g/mol. The zero-order valence-electron chi connectivity index (χ0n) is 15.5. The molecule has 4 nitrogen and oxygen atoms in total. The number of H-pyrrole nitrogens is 1. The van der Waals surface area contributed by atoms with Crippen LogP contribution >= 0.6 is 11.3 Å². The number of hydrogen-bond acceptors (Lipinski definition) is 4. The van der Waals surface area contributed by atoms with E-state index in [4.69, 9.17) is 4.74 Å². The van der Waals surface area contributed by atoms with Crippen molar-refractivity contribution in [3.05, 3.63) is 70.5 Å². The van der Waals surface area contributed by atoms with Crippen LogP contribution in [-0.2, 0) is 13.0 Å². The molecule has 0 saturated heterocycles. The first-order valence-electron chi connectivity index (χ1n) is 9.09. The molecule has 0 amide bonds. The lowest BCUT2D eigenvalue weighted by Crippen LogP contribution is -2.27. The summed E-state index contributed by atoms with van der Waals surface area (Å²) in [5, 5.41) is 15.5. The van der Waals surface area contributed by atoms with Gasteiger partial charge in [-0.15, -0.1) is 11.3 Å². The summed E-state index contributed by atoms with van der Waals surface area (Å²) in [4.78, 5) is 1.41. The van der Waals surface area contributed by atoms with Crippen molar-refractivity contribution >= 4 is 22.1 Å². The lowest BCUT2D eigenvalue weighted by atomic mass is 10.0. The van der Waals surface area contributed by atoms with E-state index in [1.165, 1.54) is 21.2 Å². The van der Waals surface area contributed by atoms with Crippen molar-refractivity contribution in [1.29, 1.82) is 0 Å². The summed E-state index contributed by atoms with van der Waals surface area (Å²) in [6.07, 6.45) is 2.96. The van der Waals surface area contributed by atoms with Crippen LogP contribution in [0, 0.1) is 0 Å². The van der Waals surface area contributed by atoms with E-state index in [1.54, 1.807) is 7.11 Å². The predicted molar refractivity (Wildman–Crippen MR) is 112 cm³/mol. The van der Waals surface area contributed by atoms with E-state index in [-0.39, 0.29) is 0 Å². The van der Waals surface area contributed by atoms with E-state index in [2.05, 4.69) is 70.3 Å². The fraction of sp³-hybridized carbons (Fsp3) is 0.227. The highest BCUT2D eigenvalue weighted by Crippen LogP contribution is 2.28.